The van der Waals surface area contributed by atoms with Crippen LogP contribution in [0, 0.1) is 0 Å². The van der Waals surface area contributed by atoms with E-state index in [1.165, 1.54) is 12.4 Å². The Hall–Kier alpha value is -1.36. The average Bonchev–Trinajstić information content (AvgIpc) is 2.06. The molecule has 15 heavy (non-hydrogen) atoms. The van der Waals surface area contributed by atoms with Gasteiger partial charge in [0.25, 0.3) is 5.56 Å². The van der Waals surface area contributed by atoms with Crippen molar-refractivity contribution >= 4 is 5.82 Å². The number of rotatable bonds is 3. The van der Waals surface area contributed by atoms with Crippen molar-refractivity contribution in [2.45, 2.75) is 38.8 Å². The number of H-pyrrole nitrogens is 1. The summed E-state index contributed by atoms with van der Waals surface area (Å²) in [7, 11) is 0. The third-order valence-electron chi connectivity index (χ3n) is 2.67. The lowest BCUT2D eigenvalue weighted by Gasteiger charge is -2.38. The van der Waals surface area contributed by atoms with Gasteiger partial charge in [-0.3, -0.25) is 4.79 Å². The second-order valence-corrected chi connectivity index (χ2v) is 4.58. The minimum absolute atomic E-state index is 0.213. The van der Waals surface area contributed by atoms with Gasteiger partial charge in [0.1, 0.15) is 0 Å². The summed E-state index contributed by atoms with van der Waals surface area (Å²) in [6, 6.07) is 0. The molecule has 0 spiro atoms. The first kappa shape index (κ1) is 11.7. The van der Waals surface area contributed by atoms with Crippen LogP contribution in [0.2, 0.25) is 0 Å². The van der Waals surface area contributed by atoms with Crippen LogP contribution >= 0.6 is 0 Å². The molecule has 0 unspecified atom stereocenters. The van der Waals surface area contributed by atoms with Crippen LogP contribution in [0.1, 0.15) is 27.7 Å². The van der Waals surface area contributed by atoms with Crippen molar-refractivity contribution in [2.75, 3.05) is 5.32 Å². The molecule has 3 N–H and O–H groups in total. The summed E-state index contributed by atoms with van der Waals surface area (Å²) in [5.74, 6) is 0.213. The summed E-state index contributed by atoms with van der Waals surface area (Å²) < 4.78 is 0. The van der Waals surface area contributed by atoms with Crippen LogP contribution in [-0.2, 0) is 0 Å². The lowest BCUT2D eigenvalue weighted by atomic mass is 9.86. The van der Waals surface area contributed by atoms with Gasteiger partial charge in [0.15, 0.2) is 5.82 Å². The molecule has 0 aliphatic heterocycles. The molecule has 0 aromatic carbocycles. The lowest BCUT2D eigenvalue weighted by molar-refractivity contribution is 0.0238. The van der Waals surface area contributed by atoms with Gasteiger partial charge in [-0.05, 0) is 27.7 Å². The van der Waals surface area contributed by atoms with E-state index >= 15 is 0 Å². The van der Waals surface area contributed by atoms with Gasteiger partial charge in [-0.25, -0.2) is 4.98 Å². The zero-order chi connectivity index (χ0) is 11.7. The molecule has 1 aromatic rings. The molecule has 0 bridgehead atoms. The van der Waals surface area contributed by atoms with Crippen LogP contribution in [0.25, 0.3) is 0 Å². The highest BCUT2D eigenvalue weighted by atomic mass is 16.3. The average molecular weight is 211 g/mol. The number of aliphatic hydroxyl groups is 1. The van der Waals surface area contributed by atoms with Gasteiger partial charge in [0, 0.05) is 12.4 Å². The van der Waals surface area contributed by atoms with E-state index in [0.717, 1.165) is 0 Å². The highest BCUT2D eigenvalue weighted by molar-refractivity contribution is 5.35. The number of aromatic nitrogens is 2. The summed E-state index contributed by atoms with van der Waals surface area (Å²) in [4.78, 5) is 17.8. The number of nitrogens with zero attached hydrogens (tertiary/aromatic N) is 1. The zero-order valence-electron chi connectivity index (χ0n) is 9.46. The highest BCUT2D eigenvalue weighted by Gasteiger charge is 2.35. The molecule has 0 radical (unpaired) electrons. The summed E-state index contributed by atoms with van der Waals surface area (Å²) >= 11 is 0. The van der Waals surface area contributed by atoms with E-state index < -0.39 is 11.1 Å². The Morgan fingerprint density at radius 3 is 2.47 bits per heavy atom. The van der Waals surface area contributed by atoms with Gasteiger partial charge in [-0.1, -0.05) is 0 Å². The SMILES string of the molecule is CC(C)(O)C(C)(C)Nc1ncc[nH]c1=O. The molecule has 0 aliphatic rings. The molecule has 0 fully saturated rings. The molecule has 1 heterocycles. The van der Waals surface area contributed by atoms with Gasteiger partial charge in [-0.15, -0.1) is 0 Å². The van der Waals surface area contributed by atoms with Crippen molar-refractivity contribution in [1.29, 1.82) is 0 Å². The minimum Gasteiger partial charge on any atom is -0.388 e. The largest absolute Gasteiger partial charge is 0.388 e. The summed E-state index contributed by atoms with van der Waals surface area (Å²) in [6.45, 7) is 6.97. The predicted octanol–water partition coefficient (Wildman–Crippen LogP) is 0.731. The summed E-state index contributed by atoms with van der Waals surface area (Å²) in [5.41, 5.74) is -1.90. The van der Waals surface area contributed by atoms with Gasteiger partial charge >= 0.3 is 0 Å². The monoisotopic (exact) mass is 211 g/mol. The van der Waals surface area contributed by atoms with Gasteiger partial charge in [0.2, 0.25) is 0 Å². The Balaban J connectivity index is 2.97. The molecule has 1 aromatic heterocycles. The highest BCUT2D eigenvalue weighted by Crippen LogP contribution is 2.23. The first-order valence-corrected chi connectivity index (χ1v) is 4.78. The van der Waals surface area contributed by atoms with Crippen molar-refractivity contribution < 1.29 is 5.11 Å². The Morgan fingerprint density at radius 2 is 2.00 bits per heavy atom. The second-order valence-electron chi connectivity index (χ2n) is 4.58. The molecular weight excluding hydrogens is 194 g/mol. The summed E-state index contributed by atoms with van der Waals surface area (Å²) in [6.07, 6.45) is 2.95. The minimum atomic E-state index is -0.961. The lowest BCUT2D eigenvalue weighted by Crippen LogP contribution is -2.52. The van der Waals surface area contributed by atoms with Crippen LogP contribution in [0.3, 0.4) is 0 Å². The number of nitrogens with one attached hydrogen (secondary N) is 2. The van der Waals surface area contributed by atoms with E-state index in [9.17, 15) is 9.90 Å². The quantitative estimate of drug-likeness (QED) is 0.688. The smallest absolute Gasteiger partial charge is 0.290 e. The van der Waals surface area contributed by atoms with Gasteiger partial charge < -0.3 is 15.4 Å². The van der Waals surface area contributed by atoms with Crippen molar-refractivity contribution in [1.82, 2.24) is 9.97 Å². The number of aromatic amines is 1. The zero-order valence-corrected chi connectivity index (χ0v) is 9.46. The fourth-order valence-corrected chi connectivity index (χ4v) is 0.890. The second kappa shape index (κ2) is 3.66. The van der Waals surface area contributed by atoms with E-state index in [2.05, 4.69) is 15.3 Å². The molecule has 84 valence electrons. The third-order valence-corrected chi connectivity index (χ3v) is 2.67. The molecule has 0 atom stereocenters. The molecular formula is C10H17N3O2. The standard InChI is InChI=1S/C10H17N3O2/c1-9(2,10(3,4)15)13-7-8(14)12-6-5-11-7/h5-6,15H,1-4H3,(H,11,13)(H,12,14). The molecule has 0 amide bonds. The van der Waals surface area contributed by atoms with E-state index in [0.29, 0.717) is 0 Å². The van der Waals surface area contributed by atoms with Crippen molar-refractivity contribution in [3.05, 3.63) is 22.7 Å². The maximum atomic E-state index is 11.4. The topological polar surface area (TPSA) is 78.0 Å². The van der Waals surface area contributed by atoms with Gasteiger partial charge in [-0.2, -0.15) is 0 Å². The predicted molar refractivity (Wildman–Crippen MR) is 58.9 cm³/mol. The molecule has 5 heteroatoms. The molecule has 0 aliphatic carbocycles. The fraction of sp³-hybridized carbons (Fsp3) is 0.600. The van der Waals surface area contributed by atoms with Gasteiger partial charge in [0.05, 0.1) is 11.1 Å². The number of anilines is 1. The maximum Gasteiger partial charge on any atom is 0.290 e. The summed E-state index contributed by atoms with van der Waals surface area (Å²) in [5, 5.41) is 12.8. The van der Waals surface area contributed by atoms with Crippen LogP contribution in [0.15, 0.2) is 17.2 Å². The molecule has 0 saturated heterocycles. The van der Waals surface area contributed by atoms with Crippen LogP contribution in [-0.4, -0.2) is 26.2 Å². The fourth-order valence-electron chi connectivity index (χ4n) is 0.890. The van der Waals surface area contributed by atoms with E-state index in [-0.39, 0.29) is 11.4 Å². The van der Waals surface area contributed by atoms with E-state index in [4.69, 9.17) is 0 Å². The first-order valence-electron chi connectivity index (χ1n) is 4.78. The normalized spacial score (nSPS) is 12.6. The first-order chi connectivity index (χ1) is 6.74. The molecule has 0 saturated carbocycles. The van der Waals surface area contributed by atoms with Crippen molar-refractivity contribution in [3.8, 4) is 0 Å². The Kier molecular flexibility index (Phi) is 2.86. The Morgan fingerprint density at radius 1 is 1.40 bits per heavy atom. The van der Waals surface area contributed by atoms with Crippen LogP contribution in [0.4, 0.5) is 5.82 Å². The van der Waals surface area contributed by atoms with Crippen molar-refractivity contribution in [3.63, 3.8) is 0 Å². The Labute approximate surface area is 88.6 Å². The maximum absolute atomic E-state index is 11.4. The third kappa shape index (κ3) is 2.56. The molecule has 1 rings (SSSR count). The van der Waals surface area contributed by atoms with Crippen LogP contribution < -0.4 is 10.9 Å². The molecule has 5 nitrogen and oxygen atoms in total. The van der Waals surface area contributed by atoms with E-state index in [1.54, 1.807) is 27.7 Å². The van der Waals surface area contributed by atoms with Crippen LogP contribution in [0.5, 0.6) is 0 Å². The van der Waals surface area contributed by atoms with Crippen molar-refractivity contribution in [2.24, 2.45) is 0 Å². The van der Waals surface area contributed by atoms with E-state index in [1.807, 2.05) is 0 Å². The number of hydrogen-bond acceptors (Lipinski definition) is 4. The Bertz CT molecular complexity index is 390. The number of hydrogen-bond donors (Lipinski definition) is 3.